The van der Waals surface area contributed by atoms with Crippen molar-refractivity contribution < 1.29 is 4.74 Å². The standard InChI is InChI=1S/C58H53N3OSi/c1-57(2,3)43-29-25-41(26-30-43)50-22-14-23-51(42-27-31-44(32-28-42)58(4,5)6)56(50)61-37-36-60(40-61)45-16-13-17-46(38-45)62-47-33-34-53-52(39-47)55-54(24-15-35-59-55)63(53,48-18-9-7-10-19-48)49-20-11-8-12-21-49/h7-39H,40H2,1-6H3. The summed E-state index contributed by atoms with van der Waals surface area (Å²) in [6, 6.07) is 66.4. The Labute approximate surface area is 373 Å². The summed E-state index contributed by atoms with van der Waals surface area (Å²) in [5.41, 5.74) is 12.1. The van der Waals surface area contributed by atoms with E-state index in [-0.39, 0.29) is 10.8 Å². The fourth-order valence-corrected chi connectivity index (χ4v) is 14.6. The third kappa shape index (κ3) is 7.26. The van der Waals surface area contributed by atoms with Crippen LogP contribution in [0.4, 0.5) is 11.4 Å². The van der Waals surface area contributed by atoms with Crippen LogP contribution in [0.3, 0.4) is 0 Å². The summed E-state index contributed by atoms with van der Waals surface area (Å²) in [6.07, 6.45) is 6.31. The van der Waals surface area contributed by atoms with E-state index in [4.69, 9.17) is 9.72 Å². The van der Waals surface area contributed by atoms with Crippen LogP contribution in [0.1, 0.15) is 52.7 Å². The lowest BCUT2D eigenvalue weighted by atomic mass is 9.85. The molecule has 0 saturated heterocycles. The average Bonchev–Trinajstić information content (AvgIpc) is 3.91. The van der Waals surface area contributed by atoms with Gasteiger partial charge in [-0.2, -0.15) is 0 Å². The summed E-state index contributed by atoms with van der Waals surface area (Å²) in [4.78, 5) is 9.71. The number of fused-ring (bicyclic) bond motifs is 3. The normalized spacial score (nSPS) is 14.1. The van der Waals surface area contributed by atoms with Gasteiger partial charge in [0.2, 0.25) is 0 Å². The first-order valence-electron chi connectivity index (χ1n) is 22.0. The third-order valence-corrected chi connectivity index (χ3v) is 17.7. The van der Waals surface area contributed by atoms with Crippen LogP contribution in [0.25, 0.3) is 33.5 Å². The zero-order valence-corrected chi connectivity index (χ0v) is 38.0. The van der Waals surface area contributed by atoms with E-state index < -0.39 is 8.07 Å². The molecule has 0 spiro atoms. The molecule has 10 rings (SSSR count). The van der Waals surface area contributed by atoms with E-state index in [9.17, 15) is 0 Å². The molecule has 0 fully saturated rings. The quantitative estimate of drug-likeness (QED) is 0.143. The minimum atomic E-state index is -2.61. The fraction of sp³-hybridized carbons (Fsp3) is 0.155. The summed E-state index contributed by atoms with van der Waals surface area (Å²) in [5.74, 6) is 1.58. The molecule has 0 radical (unpaired) electrons. The number of benzene rings is 7. The molecule has 0 unspecified atom stereocenters. The summed E-state index contributed by atoms with van der Waals surface area (Å²) >= 11 is 0. The van der Waals surface area contributed by atoms with Crippen molar-refractivity contribution in [3.05, 3.63) is 212 Å². The zero-order valence-electron chi connectivity index (χ0n) is 37.0. The van der Waals surface area contributed by atoms with Gasteiger partial charge >= 0.3 is 0 Å². The monoisotopic (exact) mass is 835 g/mol. The van der Waals surface area contributed by atoms with Crippen LogP contribution in [0, 0.1) is 0 Å². The zero-order chi connectivity index (χ0) is 43.3. The molecule has 0 bridgehead atoms. The highest BCUT2D eigenvalue weighted by Crippen LogP contribution is 2.43. The second-order valence-corrected chi connectivity index (χ2v) is 22.7. The maximum absolute atomic E-state index is 6.75. The predicted octanol–water partition coefficient (Wildman–Crippen LogP) is 11.9. The molecule has 2 aliphatic heterocycles. The van der Waals surface area contributed by atoms with Crippen LogP contribution in [-0.2, 0) is 10.8 Å². The lowest BCUT2D eigenvalue weighted by Crippen LogP contribution is -2.72. The van der Waals surface area contributed by atoms with Crippen molar-refractivity contribution in [2.45, 2.75) is 52.4 Å². The second kappa shape index (κ2) is 15.7. The van der Waals surface area contributed by atoms with Crippen molar-refractivity contribution in [2.24, 2.45) is 0 Å². The number of rotatable bonds is 8. The summed E-state index contributed by atoms with van der Waals surface area (Å²) in [7, 11) is -2.61. The number of nitrogens with zero attached hydrogens (tertiary/aromatic N) is 3. The van der Waals surface area contributed by atoms with Crippen LogP contribution >= 0.6 is 0 Å². The molecule has 2 aliphatic rings. The molecule has 8 aromatic rings. The van der Waals surface area contributed by atoms with E-state index in [2.05, 4.69) is 240 Å². The van der Waals surface area contributed by atoms with E-state index in [0.29, 0.717) is 6.67 Å². The summed E-state index contributed by atoms with van der Waals surface area (Å²) in [5, 5.41) is 5.36. The van der Waals surface area contributed by atoms with Crippen LogP contribution in [0.15, 0.2) is 201 Å². The number of hydrogen-bond donors (Lipinski definition) is 0. The van der Waals surface area contributed by atoms with E-state index in [1.54, 1.807) is 0 Å². The lowest BCUT2D eigenvalue weighted by Gasteiger charge is -2.31. The van der Waals surface area contributed by atoms with Gasteiger partial charge in [-0.15, -0.1) is 0 Å². The Balaban J connectivity index is 0.972. The van der Waals surface area contributed by atoms with Crippen molar-refractivity contribution in [3.8, 4) is 45.0 Å². The molecule has 310 valence electrons. The molecule has 63 heavy (non-hydrogen) atoms. The van der Waals surface area contributed by atoms with Crippen LogP contribution in [0.2, 0.25) is 0 Å². The first kappa shape index (κ1) is 40.1. The van der Waals surface area contributed by atoms with E-state index in [1.807, 2.05) is 12.3 Å². The second-order valence-electron chi connectivity index (χ2n) is 18.9. The smallest absolute Gasteiger partial charge is 0.182 e. The van der Waals surface area contributed by atoms with Gasteiger partial charge in [0, 0.05) is 47.0 Å². The molecule has 0 amide bonds. The van der Waals surface area contributed by atoms with E-state index in [1.165, 1.54) is 59.8 Å². The van der Waals surface area contributed by atoms with Crippen LogP contribution in [0.5, 0.6) is 11.5 Å². The van der Waals surface area contributed by atoms with Crippen molar-refractivity contribution >= 4 is 40.2 Å². The highest BCUT2D eigenvalue weighted by Gasteiger charge is 2.49. The maximum atomic E-state index is 6.75. The van der Waals surface area contributed by atoms with Gasteiger partial charge in [-0.1, -0.05) is 187 Å². The van der Waals surface area contributed by atoms with Gasteiger partial charge in [0.25, 0.3) is 0 Å². The lowest BCUT2D eigenvalue weighted by molar-refractivity contribution is 0.483. The third-order valence-electron chi connectivity index (χ3n) is 12.8. The SMILES string of the molecule is CC(C)(C)c1ccc(-c2cccc(-c3ccc(C(C)(C)C)cc3)c2N2C=CN(c3cccc(Oc4ccc5c(c4)-c4ncccc4[Si]5(c4ccccc4)c4ccccc4)c3)C2)cc1. The minimum absolute atomic E-state index is 0.0792. The molecule has 0 atom stereocenters. The van der Waals surface area contributed by atoms with E-state index in [0.717, 1.165) is 28.4 Å². The number of aromatic nitrogens is 1. The number of hydrogen-bond acceptors (Lipinski definition) is 4. The number of ether oxygens (including phenoxy) is 1. The largest absolute Gasteiger partial charge is 0.457 e. The predicted molar refractivity (Wildman–Crippen MR) is 267 cm³/mol. The Morgan fingerprint density at radius 1 is 0.476 bits per heavy atom. The van der Waals surface area contributed by atoms with Gasteiger partial charge in [-0.25, -0.2) is 0 Å². The molecular weight excluding hydrogens is 783 g/mol. The molecule has 7 aromatic carbocycles. The Kier molecular flexibility index (Phi) is 10.0. The van der Waals surface area contributed by atoms with Crippen molar-refractivity contribution in [2.75, 3.05) is 16.5 Å². The van der Waals surface area contributed by atoms with Crippen molar-refractivity contribution in [3.63, 3.8) is 0 Å². The number of pyridine rings is 1. The van der Waals surface area contributed by atoms with Crippen molar-refractivity contribution in [1.29, 1.82) is 0 Å². The molecule has 1 aromatic heterocycles. The molecular formula is C58H53N3OSi. The van der Waals surface area contributed by atoms with Gasteiger partial charge in [0.15, 0.2) is 8.07 Å². The van der Waals surface area contributed by atoms with Gasteiger partial charge in [-0.3, -0.25) is 4.98 Å². The van der Waals surface area contributed by atoms with E-state index >= 15 is 0 Å². The van der Waals surface area contributed by atoms with Crippen LogP contribution < -0.4 is 35.3 Å². The first-order valence-corrected chi connectivity index (χ1v) is 24.0. The Bertz CT molecular complexity index is 2850. The molecule has 3 heterocycles. The maximum Gasteiger partial charge on any atom is 0.182 e. The minimum Gasteiger partial charge on any atom is -0.457 e. The molecule has 5 heteroatoms. The molecule has 0 saturated carbocycles. The van der Waals surface area contributed by atoms with Crippen molar-refractivity contribution in [1.82, 2.24) is 4.98 Å². The molecule has 0 aliphatic carbocycles. The van der Waals surface area contributed by atoms with Gasteiger partial charge in [0.05, 0.1) is 18.1 Å². The van der Waals surface area contributed by atoms with Crippen LogP contribution in [-0.4, -0.2) is 19.7 Å². The highest BCUT2D eigenvalue weighted by atomic mass is 28.3. The highest BCUT2D eigenvalue weighted by molar-refractivity contribution is 7.22. The Hall–Kier alpha value is -6.95. The number of para-hydroxylation sites is 1. The molecule has 4 nitrogen and oxygen atoms in total. The van der Waals surface area contributed by atoms with Gasteiger partial charge in [-0.05, 0) is 84.2 Å². The Morgan fingerprint density at radius 2 is 1.03 bits per heavy atom. The first-order chi connectivity index (χ1) is 30.5. The topological polar surface area (TPSA) is 28.6 Å². The molecule has 0 N–H and O–H groups in total. The van der Waals surface area contributed by atoms with Gasteiger partial charge in [0.1, 0.15) is 11.5 Å². The Morgan fingerprint density at radius 3 is 1.62 bits per heavy atom. The van der Waals surface area contributed by atoms with Gasteiger partial charge < -0.3 is 14.5 Å². The fourth-order valence-electron chi connectivity index (χ4n) is 9.55. The average molecular weight is 836 g/mol. The summed E-state index contributed by atoms with van der Waals surface area (Å²) in [6.45, 7) is 14.3. The number of anilines is 2. The summed E-state index contributed by atoms with van der Waals surface area (Å²) < 4.78 is 6.75.